The maximum Gasteiger partial charge on any atom is 0.417 e. The van der Waals surface area contributed by atoms with Gasteiger partial charge in [-0.15, -0.1) is 0 Å². The lowest BCUT2D eigenvalue weighted by molar-refractivity contribution is -0.139. The van der Waals surface area contributed by atoms with Crippen molar-refractivity contribution in [1.29, 1.82) is 0 Å². The lowest BCUT2D eigenvalue weighted by Gasteiger charge is -2.29. The van der Waals surface area contributed by atoms with Crippen molar-refractivity contribution in [2.75, 3.05) is 50.8 Å². The van der Waals surface area contributed by atoms with Crippen molar-refractivity contribution in [1.82, 2.24) is 10.2 Å². The van der Waals surface area contributed by atoms with Crippen LogP contribution < -0.4 is 10.2 Å². The highest BCUT2D eigenvalue weighted by Crippen LogP contribution is 2.49. The first kappa shape index (κ1) is 29.3. The number of ether oxygens (including phenoxy) is 1. The number of nitrogens with one attached hydrogen (secondary N) is 1. The van der Waals surface area contributed by atoms with Crippen molar-refractivity contribution in [3.05, 3.63) is 53.6 Å². The molecule has 1 aliphatic carbocycles. The average molecular weight is 564 g/mol. The Morgan fingerprint density at radius 2 is 1.90 bits per heavy atom. The summed E-state index contributed by atoms with van der Waals surface area (Å²) in [7, 11) is 0. The van der Waals surface area contributed by atoms with E-state index in [0.717, 1.165) is 61.6 Å². The molecule has 2 aromatic rings. The highest BCUT2D eigenvalue weighted by Gasteiger charge is 2.38. The van der Waals surface area contributed by atoms with E-state index in [0.29, 0.717) is 38.5 Å². The molecular formula is C29H36F3N3O3S. The van der Waals surface area contributed by atoms with Gasteiger partial charge in [-0.2, -0.15) is 13.2 Å². The Balaban J connectivity index is 0.000000247. The summed E-state index contributed by atoms with van der Waals surface area (Å²) in [6.45, 7) is 7.37. The molecule has 212 valence electrons. The molecule has 3 fully saturated rings. The van der Waals surface area contributed by atoms with Gasteiger partial charge in [-0.25, -0.2) is 0 Å². The Hall–Kier alpha value is -2.72. The fraction of sp³-hybridized carbons (Fsp3) is 0.517. The fourth-order valence-electron chi connectivity index (χ4n) is 4.94. The first-order chi connectivity index (χ1) is 18.8. The molecule has 2 aliphatic heterocycles. The first-order valence-electron chi connectivity index (χ1n) is 13.5. The number of halogens is 3. The molecular weight excluding hydrogens is 527 g/mol. The molecule has 5 rings (SSSR count). The number of nitrogens with zero attached hydrogens (tertiary/aromatic N) is 2. The van der Waals surface area contributed by atoms with Gasteiger partial charge in [-0.05, 0) is 67.0 Å². The van der Waals surface area contributed by atoms with Crippen LogP contribution in [0.3, 0.4) is 0 Å². The third kappa shape index (κ3) is 8.38. The standard InChI is InChI=1S/C21H22F3NOS.C8H14N2O2/c1-14-11-18(14)15-5-6-20(19(12-15)21(22,23)24)27-17-4-2-3-16(13-17)25-7-9-26-10-8-25;11-7-9-4-2-6-10-5-1-3-8(10)12/h2-6,12-14,18H,7-11H2,1H3;7H,1-6H2,(H,9,11). The minimum atomic E-state index is -4.35. The van der Waals surface area contributed by atoms with Gasteiger partial charge in [0.15, 0.2) is 0 Å². The van der Waals surface area contributed by atoms with E-state index < -0.39 is 11.7 Å². The second-order valence-electron chi connectivity index (χ2n) is 10.2. The van der Waals surface area contributed by atoms with Gasteiger partial charge < -0.3 is 19.9 Å². The summed E-state index contributed by atoms with van der Waals surface area (Å²) in [4.78, 5) is 26.1. The molecule has 39 heavy (non-hydrogen) atoms. The smallest absolute Gasteiger partial charge is 0.378 e. The van der Waals surface area contributed by atoms with Crippen LogP contribution in [0.4, 0.5) is 18.9 Å². The number of carbonyl (C=O) groups excluding carboxylic acids is 2. The fourth-order valence-corrected chi connectivity index (χ4v) is 5.94. The zero-order valence-electron chi connectivity index (χ0n) is 22.2. The van der Waals surface area contributed by atoms with Gasteiger partial charge in [-0.3, -0.25) is 9.59 Å². The number of amides is 2. The van der Waals surface area contributed by atoms with Crippen LogP contribution in [0.5, 0.6) is 0 Å². The summed E-state index contributed by atoms with van der Waals surface area (Å²) in [5, 5.41) is 2.57. The highest BCUT2D eigenvalue weighted by atomic mass is 32.2. The molecule has 2 amide bonds. The molecule has 6 nitrogen and oxygen atoms in total. The van der Waals surface area contributed by atoms with Gasteiger partial charge in [0.25, 0.3) is 0 Å². The summed E-state index contributed by atoms with van der Waals surface area (Å²) in [5.74, 6) is 1.01. The van der Waals surface area contributed by atoms with E-state index in [1.165, 1.54) is 17.8 Å². The Morgan fingerprint density at radius 3 is 2.54 bits per heavy atom. The minimum Gasteiger partial charge on any atom is -0.378 e. The summed E-state index contributed by atoms with van der Waals surface area (Å²) < 4.78 is 46.3. The molecule has 1 saturated carbocycles. The Bertz CT molecular complexity index is 1120. The van der Waals surface area contributed by atoms with E-state index in [1.807, 2.05) is 35.2 Å². The predicted octanol–water partition coefficient (Wildman–Crippen LogP) is 5.56. The molecule has 1 N–H and O–H groups in total. The number of hydrogen-bond donors (Lipinski definition) is 1. The first-order valence-corrected chi connectivity index (χ1v) is 14.3. The number of rotatable bonds is 9. The third-order valence-electron chi connectivity index (χ3n) is 7.27. The van der Waals surface area contributed by atoms with Crippen LogP contribution in [0, 0.1) is 5.92 Å². The van der Waals surface area contributed by atoms with E-state index in [1.54, 1.807) is 6.07 Å². The molecule has 0 radical (unpaired) electrons. The molecule has 0 aromatic heterocycles. The van der Waals surface area contributed by atoms with Crippen molar-refractivity contribution in [2.24, 2.45) is 5.92 Å². The van der Waals surface area contributed by atoms with Crippen molar-refractivity contribution in [3.63, 3.8) is 0 Å². The zero-order chi connectivity index (χ0) is 27.8. The number of anilines is 1. The predicted molar refractivity (Wildman–Crippen MR) is 146 cm³/mol. The normalized spacial score (nSPS) is 20.9. The Morgan fingerprint density at radius 1 is 1.13 bits per heavy atom. The zero-order valence-corrected chi connectivity index (χ0v) is 23.0. The largest absolute Gasteiger partial charge is 0.417 e. The number of morpholine rings is 1. The Kier molecular flexibility index (Phi) is 10.2. The van der Waals surface area contributed by atoms with Crippen molar-refractivity contribution in [2.45, 2.75) is 54.5 Å². The van der Waals surface area contributed by atoms with Crippen LogP contribution in [0.25, 0.3) is 0 Å². The monoisotopic (exact) mass is 563 g/mol. The lowest BCUT2D eigenvalue weighted by atomic mass is 10.1. The van der Waals surface area contributed by atoms with Crippen LogP contribution in [0.2, 0.25) is 0 Å². The molecule has 2 heterocycles. The highest BCUT2D eigenvalue weighted by molar-refractivity contribution is 7.99. The van der Waals surface area contributed by atoms with Crippen molar-refractivity contribution in [3.8, 4) is 0 Å². The minimum absolute atomic E-state index is 0.251. The number of alkyl halides is 3. The van der Waals surface area contributed by atoms with Gasteiger partial charge in [0.2, 0.25) is 12.3 Å². The van der Waals surface area contributed by atoms with Gasteiger partial charge in [0.05, 0.1) is 18.8 Å². The Labute approximate surface area is 232 Å². The number of benzene rings is 2. The average Bonchev–Trinajstić information content (AvgIpc) is 3.52. The third-order valence-corrected chi connectivity index (χ3v) is 8.34. The van der Waals surface area contributed by atoms with Gasteiger partial charge >= 0.3 is 6.18 Å². The second kappa shape index (κ2) is 13.6. The van der Waals surface area contributed by atoms with Crippen LogP contribution in [0.15, 0.2) is 52.3 Å². The molecule has 2 saturated heterocycles. The molecule has 0 bridgehead atoms. The topological polar surface area (TPSA) is 61.9 Å². The van der Waals surface area contributed by atoms with Crippen molar-refractivity contribution >= 4 is 29.8 Å². The molecule has 0 spiro atoms. The van der Waals surface area contributed by atoms with Crippen LogP contribution in [-0.2, 0) is 20.5 Å². The maximum atomic E-state index is 13.6. The molecule has 2 unspecified atom stereocenters. The van der Waals surface area contributed by atoms with E-state index in [9.17, 15) is 22.8 Å². The number of hydrogen-bond acceptors (Lipinski definition) is 5. The van der Waals surface area contributed by atoms with Crippen LogP contribution in [0.1, 0.15) is 49.7 Å². The molecule has 3 aliphatic rings. The van der Waals surface area contributed by atoms with E-state index in [2.05, 4.69) is 17.1 Å². The van der Waals surface area contributed by atoms with Gasteiger partial charge in [0, 0.05) is 54.6 Å². The number of carbonyl (C=O) groups is 2. The number of likely N-dealkylation sites (tertiary alicyclic amines) is 1. The second-order valence-corrected chi connectivity index (χ2v) is 11.3. The maximum absolute atomic E-state index is 13.6. The summed E-state index contributed by atoms with van der Waals surface area (Å²) in [6.07, 6.45) is -0.152. The molecule has 2 aromatic carbocycles. The van der Waals surface area contributed by atoms with Gasteiger partial charge in [0.1, 0.15) is 0 Å². The van der Waals surface area contributed by atoms with Crippen LogP contribution in [-0.4, -0.2) is 63.2 Å². The van der Waals surface area contributed by atoms with Gasteiger partial charge in [-0.1, -0.05) is 30.8 Å². The molecule has 2 atom stereocenters. The van der Waals surface area contributed by atoms with Crippen LogP contribution >= 0.6 is 11.8 Å². The SMILES string of the molecule is CC1CC1c1ccc(Sc2cccc(N3CCOCC3)c2)c(C(F)(F)F)c1.O=CNCCCN1CCCC1=O. The summed E-state index contributed by atoms with van der Waals surface area (Å²) in [5.41, 5.74) is 1.31. The van der Waals surface area contributed by atoms with E-state index in [-0.39, 0.29) is 16.7 Å². The van der Waals surface area contributed by atoms with Crippen molar-refractivity contribution < 1.29 is 27.5 Å². The van der Waals surface area contributed by atoms with E-state index >= 15 is 0 Å². The summed E-state index contributed by atoms with van der Waals surface area (Å²) >= 11 is 1.18. The molecule has 10 heteroatoms. The lowest BCUT2D eigenvalue weighted by Crippen LogP contribution is -2.36. The quantitative estimate of drug-likeness (QED) is 0.320. The summed E-state index contributed by atoms with van der Waals surface area (Å²) in [6, 6.07) is 12.6. The van der Waals surface area contributed by atoms with E-state index in [4.69, 9.17) is 4.74 Å².